The lowest BCUT2D eigenvalue weighted by atomic mass is 10.2. The second kappa shape index (κ2) is 6.02. The number of carbonyl (C=O) groups is 1. The Kier molecular flexibility index (Phi) is 3.92. The molecule has 2 aromatic carbocycles. The molecule has 4 nitrogen and oxygen atoms in total. The fourth-order valence-electron chi connectivity index (χ4n) is 2.73. The zero-order valence-corrected chi connectivity index (χ0v) is 12.9. The van der Waals surface area contributed by atoms with Crippen LogP contribution < -0.4 is 4.90 Å². The summed E-state index contributed by atoms with van der Waals surface area (Å²) in [6.07, 6.45) is 0. The van der Waals surface area contributed by atoms with E-state index in [1.165, 1.54) is 0 Å². The smallest absolute Gasteiger partial charge is 0.246 e. The minimum Gasteiger partial charge on any atom is -0.319 e. The Morgan fingerprint density at radius 1 is 1.09 bits per heavy atom. The van der Waals surface area contributed by atoms with Gasteiger partial charge in [-0.25, -0.2) is 4.98 Å². The van der Waals surface area contributed by atoms with Crippen LogP contribution in [0.1, 0.15) is 12.7 Å². The Morgan fingerprint density at radius 2 is 1.77 bits per heavy atom. The quantitative estimate of drug-likeness (QED) is 0.739. The Labute approximate surface area is 130 Å². The largest absolute Gasteiger partial charge is 0.319 e. The highest BCUT2D eigenvalue weighted by Crippen LogP contribution is 2.18. The molecule has 0 fully saturated rings. The number of imidazole rings is 1. The molecule has 1 aromatic heterocycles. The van der Waals surface area contributed by atoms with Crippen LogP contribution in [0, 0.1) is 6.92 Å². The van der Waals surface area contributed by atoms with Gasteiger partial charge in [0.15, 0.2) is 0 Å². The summed E-state index contributed by atoms with van der Waals surface area (Å²) < 4.78 is 1.98. The summed E-state index contributed by atoms with van der Waals surface area (Å²) in [5.41, 5.74) is 2.85. The Bertz CT molecular complexity index is 792. The molecule has 0 saturated carbocycles. The Hall–Kier alpha value is -2.62. The topological polar surface area (TPSA) is 38.1 Å². The predicted octanol–water partition coefficient (Wildman–Crippen LogP) is 3.40. The van der Waals surface area contributed by atoms with Crippen molar-refractivity contribution >= 4 is 22.6 Å². The maximum absolute atomic E-state index is 12.7. The first kappa shape index (κ1) is 14.3. The van der Waals surface area contributed by atoms with Crippen molar-refractivity contribution in [1.82, 2.24) is 9.55 Å². The van der Waals surface area contributed by atoms with E-state index in [2.05, 4.69) is 4.98 Å². The Morgan fingerprint density at radius 3 is 2.50 bits per heavy atom. The van der Waals surface area contributed by atoms with Crippen LogP contribution in [0.4, 0.5) is 5.69 Å². The normalized spacial score (nSPS) is 10.8. The molecule has 0 aliphatic heterocycles. The second-order valence-corrected chi connectivity index (χ2v) is 5.21. The van der Waals surface area contributed by atoms with Gasteiger partial charge in [-0.05, 0) is 38.1 Å². The van der Waals surface area contributed by atoms with Gasteiger partial charge in [-0.1, -0.05) is 30.3 Å². The lowest BCUT2D eigenvalue weighted by Gasteiger charge is -2.21. The second-order valence-electron chi connectivity index (χ2n) is 5.21. The molecule has 1 heterocycles. The summed E-state index contributed by atoms with van der Waals surface area (Å²) >= 11 is 0. The van der Waals surface area contributed by atoms with E-state index < -0.39 is 0 Å². The van der Waals surface area contributed by atoms with E-state index in [4.69, 9.17) is 0 Å². The van der Waals surface area contributed by atoms with Gasteiger partial charge < -0.3 is 9.47 Å². The molecule has 0 unspecified atom stereocenters. The first-order valence-corrected chi connectivity index (χ1v) is 7.48. The summed E-state index contributed by atoms with van der Waals surface area (Å²) in [4.78, 5) is 19.0. The van der Waals surface area contributed by atoms with Crippen LogP contribution in [0.15, 0.2) is 54.6 Å². The number of para-hydroxylation sites is 3. The fourth-order valence-corrected chi connectivity index (χ4v) is 2.73. The molecule has 4 heteroatoms. The SMILES string of the molecule is CCN(C(=O)Cn1c(C)nc2ccccc21)c1ccccc1. The summed E-state index contributed by atoms with van der Waals surface area (Å²) in [6.45, 7) is 4.87. The van der Waals surface area contributed by atoms with E-state index in [1.807, 2.05) is 73.0 Å². The average molecular weight is 293 g/mol. The third-order valence-electron chi connectivity index (χ3n) is 3.82. The van der Waals surface area contributed by atoms with E-state index in [1.54, 1.807) is 4.90 Å². The third-order valence-corrected chi connectivity index (χ3v) is 3.82. The van der Waals surface area contributed by atoms with Crippen LogP contribution in [0.2, 0.25) is 0 Å². The maximum Gasteiger partial charge on any atom is 0.246 e. The Balaban J connectivity index is 1.91. The van der Waals surface area contributed by atoms with E-state index in [-0.39, 0.29) is 5.91 Å². The lowest BCUT2D eigenvalue weighted by Crippen LogP contribution is -2.33. The van der Waals surface area contributed by atoms with Crippen LogP contribution >= 0.6 is 0 Å². The zero-order chi connectivity index (χ0) is 15.5. The van der Waals surface area contributed by atoms with Crippen LogP contribution in [0.25, 0.3) is 11.0 Å². The van der Waals surface area contributed by atoms with E-state index >= 15 is 0 Å². The zero-order valence-electron chi connectivity index (χ0n) is 12.9. The predicted molar refractivity (Wildman–Crippen MR) is 88.9 cm³/mol. The van der Waals surface area contributed by atoms with Gasteiger partial charge in [-0.3, -0.25) is 4.79 Å². The molecule has 0 atom stereocenters. The molecule has 22 heavy (non-hydrogen) atoms. The summed E-state index contributed by atoms with van der Waals surface area (Å²) in [5.74, 6) is 0.929. The van der Waals surface area contributed by atoms with Gasteiger partial charge in [-0.2, -0.15) is 0 Å². The number of benzene rings is 2. The number of amides is 1. The molecule has 0 N–H and O–H groups in total. The van der Waals surface area contributed by atoms with Gasteiger partial charge in [-0.15, -0.1) is 0 Å². The molecular formula is C18H19N3O. The van der Waals surface area contributed by atoms with Gasteiger partial charge in [0.25, 0.3) is 0 Å². The molecule has 0 aliphatic carbocycles. The third kappa shape index (κ3) is 2.60. The monoisotopic (exact) mass is 293 g/mol. The van der Waals surface area contributed by atoms with Crippen molar-refractivity contribution in [2.24, 2.45) is 0 Å². The number of hydrogen-bond donors (Lipinski definition) is 0. The van der Waals surface area contributed by atoms with Gasteiger partial charge >= 0.3 is 0 Å². The van der Waals surface area contributed by atoms with Crippen molar-refractivity contribution in [2.75, 3.05) is 11.4 Å². The first-order valence-electron chi connectivity index (χ1n) is 7.48. The van der Waals surface area contributed by atoms with Gasteiger partial charge in [0, 0.05) is 12.2 Å². The first-order chi connectivity index (χ1) is 10.7. The highest BCUT2D eigenvalue weighted by molar-refractivity contribution is 5.94. The summed E-state index contributed by atoms with van der Waals surface area (Å²) in [5, 5.41) is 0. The standard InChI is InChI=1S/C18H19N3O/c1-3-20(15-9-5-4-6-10-15)18(22)13-21-14(2)19-16-11-7-8-12-17(16)21/h4-12H,3,13H2,1-2H3. The van der Waals surface area contributed by atoms with Crippen molar-refractivity contribution in [2.45, 2.75) is 20.4 Å². The fraction of sp³-hybridized carbons (Fsp3) is 0.222. The number of anilines is 1. The number of hydrogen-bond acceptors (Lipinski definition) is 2. The van der Waals surface area contributed by atoms with E-state index in [0.717, 1.165) is 22.5 Å². The maximum atomic E-state index is 12.7. The lowest BCUT2D eigenvalue weighted by molar-refractivity contribution is -0.119. The molecule has 0 radical (unpaired) electrons. The van der Waals surface area contributed by atoms with Crippen molar-refractivity contribution in [3.63, 3.8) is 0 Å². The minimum atomic E-state index is 0.0694. The molecule has 1 amide bonds. The average Bonchev–Trinajstić information content (AvgIpc) is 2.85. The van der Waals surface area contributed by atoms with Crippen molar-refractivity contribution < 1.29 is 4.79 Å². The molecule has 0 spiro atoms. The molecule has 3 rings (SSSR count). The summed E-state index contributed by atoms with van der Waals surface area (Å²) in [7, 11) is 0. The van der Waals surface area contributed by atoms with E-state index in [0.29, 0.717) is 13.1 Å². The molecule has 3 aromatic rings. The number of nitrogens with zero attached hydrogens (tertiary/aromatic N) is 3. The van der Waals surface area contributed by atoms with Crippen LogP contribution in [0.3, 0.4) is 0 Å². The van der Waals surface area contributed by atoms with E-state index in [9.17, 15) is 4.79 Å². The minimum absolute atomic E-state index is 0.0694. The number of rotatable bonds is 4. The molecule has 112 valence electrons. The van der Waals surface area contributed by atoms with Crippen LogP contribution in [-0.2, 0) is 11.3 Å². The van der Waals surface area contributed by atoms with Gasteiger partial charge in [0.05, 0.1) is 11.0 Å². The van der Waals surface area contributed by atoms with Crippen LogP contribution in [-0.4, -0.2) is 22.0 Å². The molecule has 0 saturated heterocycles. The van der Waals surface area contributed by atoms with Crippen molar-refractivity contribution in [3.8, 4) is 0 Å². The van der Waals surface area contributed by atoms with Crippen molar-refractivity contribution in [1.29, 1.82) is 0 Å². The van der Waals surface area contributed by atoms with Crippen LogP contribution in [0.5, 0.6) is 0 Å². The number of aromatic nitrogens is 2. The summed E-state index contributed by atoms with van der Waals surface area (Å²) in [6, 6.07) is 17.7. The highest BCUT2D eigenvalue weighted by Gasteiger charge is 2.16. The number of fused-ring (bicyclic) bond motifs is 1. The highest BCUT2D eigenvalue weighted by atomic mass is 16.2. The van der Waals surface area contributed by atoms with Crippen molar-refractivity contribution in [3.05, 3.63) is 60.4 Å². The molecule has 0 bridgehead atoms. The van der Waals surface area contributed by atoms with Gasteiger partial charge in [0.1, 0.15) is 12.4 Å². The van der Waals surface area contributed by atoms with Gasteiger partial charge in [0.2, 0.25) is 5.91 Å². The molecular weight excluding hydrogens is 274 g/mol. The number of carbonyl (C=O) groups excluding carboxylic acids is 1. The number of likely N-dealkylation sites (N-methyl/N-ethyl adjacent to an activating group) is 1. The molecule has 0 aliphatic rings. The number of aryl methyl sites for hydroxylation is 1.